The van der Waals surface area contributed by atoms with Crippen molar-refractivity contribution in [3.05, 3.63) is 60.2 Å². The predicted molar refractivity (Wildman–Crippen MR) is 102 cm³/mol. The number of hydrogen-bond donors (Lipinski definition) is 3. The van der Waals surface area contributed by atoms with Crippen LogP contribution in [0.4, 0.5) is 17.5 Å². The van der Waals surface area contributed by atoms with Gasteiger partial charge in [0.1, 0.15) is 23.2 Å². The number of hydrogen-bond acceptors (Lipinski definition) is 7. The molecule has 0 atom stereocenters. The summed E-state index contributed by atoms with van der Waals surface area (Å²) in [5, 5.41) is 12.1. The third-order valence-corrected chi connectivity index (χ3v) is 3.62. The van der Waals surface area contributed by atoms with E-state index >= 15 is 0 Å². The maximum absolute atomic E-state index is 12.1. The van der Waals surface area contributed by atoms with Crippen LogP contribution >= 0.6 is 0 Å². The summed E-state index contributed by atoms with van der Waals surface area (Å²) in [6, 6.07) is 17.9. The number of nitriles is 1. The van der Waals surface area contributed by atoms with Crippen LogP contribution in [0.15, 0.2) is 54.6 Å². The van der Waals surface area contributed by atoms with Crippen molar-refractivity contribution in [1.82, 2.24) is 9.97 Å². The number of carbonyl (C=O) groups is 1. The fraction of sp³-hybridized carbons (Fsp3) is 0.0526. The maximum atomic E-state index is 12.1. The SMILES string of the molecule is N#Cc1c(N)nc(N)nc1-c1ccccc1OCC(=O)Nc1ccccc1. The van der Waals surface area contributed by atoms with E-state index in [2.05, 4.69) is 15.3 Å². The number of nitrogen functional groups attached to an aromatic ring is 2. The highest BCUT2D eigenvalue weighted by Crippen LogP contribution is 2.32. The molecule has 3 rings (SSSR count). The molecule has 8 nitrogen and oxygen atoms in total. The van der Waals surface area contributed by atoms with Crippen LogP contribution in [0.3, 0.4) is 0 Å². The number of nitrogens with one attached hydrogen (secondary N) is 1. The molecule has 0 fully saturated rings. The van der Waals surface area contributed by atoms with E-state index < -0.39 is 0 Å². The van der Waals surface area contributed by atoms with Gasteiger partial charge in [-0.3, -0.25) is 4.79 Å². The number of amides is 1. The lowest BCUT2D eigenvalue weighted by Crippen LogP contribution is -2.20. The van der Waals surface area contributed by atoms with Gasteiger partial charge in [-0.15, -0.1) is 0 Å². The minimum Gasteiger partial charge on any atom is -0.483 e. The number of benzene rings is 2. The molecular weight excluding hydrogens is 344 g/mol. The standard InChI is InChI=1S/C19H16N6O2/c20-10-14-17(24-19(22)25-18(14)21)13-8-4-5-9-15(13)27-11-16(26)23-12-6-2-1-3-7-12/h1-9H,11H2,(H,23,26)(H4,21,22,24,25). The Hall–Kier alpha value is -4.12. The molecule has 1 amide bonds. The highest BCUT2D eigenvalue weighted by molar-refractivity contribution is 5.92. The summed E-state index contributed by atoms with van der Waals surface area (Å²) >= 11 is 0. The molecule has 0 aliphatic carbocycles. The average Bonchev–Trinajstić information content (AvgIpc) is 2.67. The van der Waals surface area contributed by atoms with E-state index in [-0.39, 0.29) is 35.5 Å². The summed E-state index contributed by atoms with van der Waals surface area (Å²) in [4.78, 5) is 20.0. The van der Waals surface area contributed by atoms with Gasteiger partial charge in [0.15, 0.2) is 6.61 Å². The Morgan fingerprint density at radius 3 is 2.52 bits per heavy atom. The molecule has 0 saturated carbocycles. The number of carbonyl (C=O) groups excluding carboxylic acids is 1. The van der Waals surface area contributed by atoms with E-state index in [0.29, 0.717) is 17.0 Å². The monoisotopic (exact) mass is 360 g/mol. The van der Waals surface area contributed by atoms with Crippen molar-refractivity contribution in [2.75, 3.05) is 23.4 Å². The fourth-order valence-corrected chi connectivity index (χ4v) is 2.45. The van der Waals surface area contributed by atoms with Gasteiger partial charge in [0.05, 0.1) is 5.69 Å². The van der Waals surface area contributed by atoms with Crippen LogP contribution < -0.4 is 21.5 Å². The minimum absolute atomic E-state index is 0.0170. The fourth-order valence-electron chi connectivity index (χ4n) is 2.45. The van der Waals surface area contributed by atoms with Crippen molar-refractivity contribution in [3.8, 4) is 23.1 Å². The van der Waals surface area contributed by atoms with Gasteiger partial charge < -0.3 is 21.5 Å². The summed E-state index contributed by atoms with van der Waals surface area (Å²) in [7, 11) is 0. The third kappa shape index (κ3) is 4.11. The summed E-state index contributed by atoms with van der Waals surface area (Å²) in [5.74, 6) is -0.0253. The highest BCUT2D eigenvalue weighted by atomic mass is 16.5. The molecule has 0 bridgehead atoms. The zero-order valence-electron chi connectivity index (χ0n) is 14.2. The number of rotatable bonds is 5. The molecule has 8 heteroatoms. The van der Waals surface area contributed by atoms with Crippen LogP contribution in [0.1, 0.15) is 5.56 Å². The van der Waals surface area contributed by atoms with Crippen molar-refractivity contribution in [2.24, 2.45) is 0 Å². The van der Waals surface area contributed by atoms with Crippen LogP contribution in [-0.2, 0) is 4.79 Å². The van der Waals surface area contributed by atoms with Crippen molar-refractivity contribution < 1.29 is 9.53 Å². The van der Waals surface area contributed by atoms with E-state index in [0.717, 1.165) is 0 Å². The van der Waals surface area contributed by atoms with Gasteiger partial charge in [-0.25, -0.2) is 4.98 Å². The molecule has 2 aromatic carbocycles. The molecule has 0 radical (unpaired) electrons. The second kappa shape index (κ2) is 7.84. The Balaban J connectivity index is 1.83. The summed E-state index contributed by atoms with van der Waals surface area (Å²) in [6.45, 7) is -0.218. The maximum Gasteiger partial charge on any atom is 0.262 e. The lowest BCUT2D eigenvalue weighted by atomic mass is 10.1. The van der Waals surface area contributed by atoms with Gasteiger partial charge in [0, 0.05) is 11.3 Å². The summed E-state index contributed by atoms with van der Waals surface area (Å²) in [6.07, 6.45) is 0. The van der Waals surface area contributed by atoms with Gasteiger partial charge >= 0.3 is 0 Å². The smallest absolute Gasteiger partial charge is 0.262 e. The Morgan fingerprint density at radius 1 is 1.07 bits per heavy atom. The number of ether oxygens (including phenoxy) is 1. The van der Waals surface area contributed by atoms with Crippen LogP contribution in [0.25, 0.3) is 11.3 Å². The van der Waals surface area contributed by atoms with E-state index in [1.807, 2.05) is 24.3 Å². The zero-order valence-corrected chi connectivity index (χ0v) is 14.2. The van der Waals surface area contributed by atoms with Gasteiger partial charge in [-0.05, 0) is 24.3 Å². The molecule has 1 heterocycles. The van der Waals surface area contributed by atoms with Gasteiger partial charge in [0.25, 0.3) is 5.91 Å². The lowest BCUT2D eigenvalue weighted by molar-refractivity contribution is -0.118. The summed E-state index contributed by atoms with van der Waals surface area (Å²) < 4.78 is 5.64. The first-order valence-corrected chi connectivity index (χ1v) is 7.98. The van der Waals surface area contributed by atoms with Gasteiger partial charge in [-0.2, -0.15) is 10.2 Å². The topological polar surface area (TPSA) is 140 Å². The average molecular weight is 360 g/mol. The number of anilines is 3. The first-order chi connectivity index (χ1) is 13.1. The Labute approximate surface area is 155 Å². The number of aromatic nitrogens is 2. The third-order valence-electron chi connectivity index (χ3n) is 3.62. The Bertz CT molecular complexity index is 1010. The van der Waals surface area contributed by atoms with Crippen LogP contribution in [0.5, 0.6) is 5.75 Å². The van der Waals surface area contributed by atoms with E-state index in [9.17, 15) is 10.1 Å². The second-order valence-electron chi connectivity index (χ2n) is 5.50. The van der Waals surface area contributed by atoms with E-state index in [1.54, 1.807) is 36.4 Å². The van der Waals surface area contributed by atoms with E-state index in [1.165, 1.54) is 0 Å². The number of nitrogens with zero attached hydrogens (tertiary/aromatic N) is 3. The molecule has 0 spiro atoms. The molecule has 3 aromatic rings. The Kier molecular flexibility index (Phi) is 5.14. The predicted octanol–water partition coefficient (Wildman–Crippen LogP) is 2.20. The molecule has 1 aromatic heterocycles. The molecule has 0 aliphatic heterocycles. The molecule has 27 heavy (non-hydrogen) atoms. The molecule has 134 valence electrons. The summed E-state index contributed by atoms with van der Waals surface area (Å²) in [5.41, 5.74) is 12.9. The highest BCUT2D eigenvalue weighted by Gasteiger charge is 2.17. The van der Waals surface area contributed by atoms with Crippen molar-refractivity contribution >= 4 is 23.4 Å². The van der Waals surface area contributed by atoms with Crippen LogP contribution in [0, 0.1) is 11.3 Å². The van der Waals surface area contributed by atoms with Crippen molar-refractivity contribution in [2.45, 2.75) is 0 Å². The molecule has 0 aliphatic rings. The largest absolute Gasteiger partial charge is 0.483 e. The normalized spacial score (nSPS) is 10.0. The quantitative estimate of drug-likeness (QED) is 0.633. The van der Waals surface area contributed by atoms with Crippen molar-refractivity contribution in [3.63, 3.8) is 0 Å². The van der Waals surface area contributed by atoms with Crippen molar-refractivity contribution in [1.29, 1.82) is 5.26 Å². The number of nitrogens with two attached hydrogens (primary N) is 2. The first kappa shape index (κ1) is 17.7. The minimum atomic E-state index is -0.321. The molecule has 0 saturated heterocycles. The lowest BCUT2D eigenvalue weighted by Gasteiger charge is -2.13. The van der Waals surface area contributed by atoms with Gasteiger partial charge in [-0.1, -0.05) is 30.3 Å². The molecule has 0 unspecified atom stereocenters. The van der Waals surface area contributed by atoms with Crippen LogP contribution in [0.2, 0.25) is 0 Å². The Morgan fingerprint density at radius 2 is 1.78 bits per heavy atom. The zero-order chi connectivity index (χ0) is 19.2. The number of para-hydroxylation sites is 2. The second-order valence-corrected chi connectivity index (χ2v) is 5.50. The van der Waals surface area contributed by atoms with Crippen LogP contribution in [-0.4, -0.2) is 22.5 Å². The molecular formula is C19H16N6O2. The van der Waals surface area contributed by atoms with Gasteiger partial charge in [0.2, 0.25) is 5.95 Å². The molecule has 5 N–H and O–H groups in total. The van der Waals surface area contributed by atoms with E-state index in [4.69, 9.17) is 16.2 Å². The first-order valence-electron chi connectivity index (χ1n) is 7.98.